The molecule has 2 heterocycles. The molecule has 4 rings (SSSR count). The molecule has 0 bridgehead atoms. The summed E-state index contributed by atoms with van der Waals surface area (Å²) in [5.74, 6) is 1.12. The fourth-order valence-corrected chi connectivity index (χ4v) is 3.74. The van der Waals surface area contributed by atoms with Crippen molar-refractivity contribution in [2.75, 3.05) is 18.4 Å². The van der Waals surface area contributed by atoms with Gasteiger partial charge < -0.3 is 15.2 Å². The summed E-state index contributed by atoms with van der Waals surface area (Å²) < 4.78 is 5.47. The number of benzene rings is 2. The maximum atomic E-state index is 12.2. The first-order chi connectivity index (χ1) is 14.7. The monoisotopic (exact) mass is 425 g/mol. The van der Waals surface area contributed by atoms with Gasteiger partial charge >= 0.3 is 6.03 Å². The summed E-state index contributed by atoms with van der Waals surface area (Å²) in [6, 6.07) is 16.8. The summed E-state index contributed by atoms with van der Waals surface area (Å²) >= 11 is 5.94. The van der Waals surface area contributed by atoms with Gasteiger partial charge in [0.05, 0.1) is 6.54 Å². The lowest BCUT2D eigenvalue weighted by atomic mass is 10.0. The molecule has 1 saturated heterocycles. The Hall–Kier alpha value is -2.90. The van der Waals surface area contributed by atoms with E-state index in [1.54, 1.807) is 12.1 Å². The third-order valence-corrected chi connectivity index (χ3v) is 5.44. The van der Waals surface area contributed by atoms with Crippen molar-refractivity contribution in [3.8, 4) is 11.4 Å². The van der Waals surface area contributed by atoms with Crippen LogP contribution in [0.25, 0.3) is 11.4 Å². The summed E-state index contributed by atoms with van der Waals surface area (Å²) in [6.07, 6.45) is 3.28. The number of nitrogens with one attached hydrogen (secondary N) is 2. The van der Waals surface area contributed by atoms with Crippen LogP contribution in [0, 0.1) is 0 Å². The molecule has 1 atom stereocenters. The van der Waals surface area contributed by atoms with Crippen molar-refractivity contribution in [3.63, 3.8) is 0 Å². The molecule has 0 radical (unpaired) electrons. The second-order valence-corrected chi connectivity index (χ2v) is 7.78. The maximum Gasteiger partial charge on any atom is 0.319 e. The highest BCUT2D eigenvalue weighted by Crippen LogP contribution is 2.22. The van der Waals surface area contributed by atoms with Crippen molar-refractivity contribution in [3.05, 3.63) is 65.5 Å². The van der Waals surface area contributed by atoms with Gasteiger partial charge in [-0.3, -0.25) is 4.90 Å². The number of nitrogens with zero attached hydrogens (tertiary/aromatic N) is 3. The van der Waals surface area contributed by atoms with Crippen molar-refractivity contribution < 1.29 is 9.32 Å². The molecule has 1 aliphatic rings. The maximum absolute atomic E-state index is 12.2. The number of carbonyl (C=O) groups is 1. The molecular formula is C22H24ClN5O2. The normalized spacial score (nSPS) is 16.9. The molecule has 1 aliphatic heterocycles. The number of halogens is 1. The lowest BCUT2D eigenvalue weighted by molar-refractivity contribution is 0.123. The van der Waals surface area contributed by atoms with Crippen LogP contribution in [0.15, 0.2) is 59.1 Å². The first kappa shape index (κ1) is 20.4. The van der Waals surface area contributed by atoms with Gasteiger partial charge in [-0.05, 0) is 55.8 Å². The Labute approximate surface area is 180 Å². The van der Waals surface area contributed by atoms with E-state index in [2.05, 4.69) is 25.7 Å². The average Bonchev–Trinajstić information content (AvgIpc) is 3.23. The molecule has 156 valence electrons. The molecule has 2 amide bonds. The van der Waals surface area contributed by atoms with Gasteiger partial charge in [0.1, 0.15) is 0 Å². The second-order valence-electron chi connectivity index (χ2n) is 7.34. The minimum absolute atomic E-state index is 0.200. The fourth-order valence-electron chi connectivity index (χ4n) is 3.62. The number of anilines is 1. The average molecular weight is 426 g/mol. The largest absolute Gasteiger partial charge is 0.338 e. The highest BCUT2D eigenvalue weighted by molar-refractivity contribution is 6.30. The first-order valence-electron chi connectivity index (χ1n) is 10.1. The highest BCUT2D eigenvalue weighted by Gasteiger charge is 2.25. The lowest BCUT2D eigenvalue weighted by Crippen LogP contribution is -2.47. The lowest BCUT2D eigenvalue weighted by Gasteiger charge is -2.34. The Balaban J connectivity index is 1.33. The predicted octanol–water partition coefficient (Wildman–Crippen LogP) is 4.57. The molecule has 1 fully saturated rings. The molecule has 3 aromatic rings. The predicted molar refractivity (Wildman–Crippen MR) is 116 cm³/mol. The number of piperidine rings is 1. The van der Waals surface area contributed by atoms with Gasteiger partial charge in [0.15, 0.2) is 0 Å². The van der Waals surface area contributed by atoms with Gasteiger partial charge in [0, 0.05) is 28.9 Å². The standard InChI is InChI=1S/C22H24ClN5O2/c23-17-11-9-16(10-12-17)21-26-20(30-27-21)15-28-13-5-4-8-19(28)14-24-22(29)25-18-6-2-1-3-7-18/h1-3,6-7,9-12,19H,4-5,8,13-15H2,(H2,24,25,29). The Kier molecular flexibility index (Phi) is 6.61. The zero-order valence-corrected chi connectivity index (χ0v) is 17.3. The summed E-state index contributed by atoms with van der Waals surface area (Å²) in [5, 5.41) is 10.6. The number of likely N-dealkylation sites (tertiary alicyclic amines) is 1. The summed E-state index contributed by atoms with van der Waals surface area (Å²) in [4.78, 5) is 19.0. The van der Waals surface area contributed by atoms with Crippen LogP contribution in [0.5, 0.6) is 0 Å². The van der Waals surface area contributed by atoms with E-state index in [4.69, 9.17) is 16.1 Å². The third kappa shape index (κ3) is 5.37. The minimum atomic E-state index is -0.200. The van der Waals surface area contributed by atoms with E-state index in [1.165, 1.54) is 0 Å². The van der Waals surface area contributed by atoms with Gasteiger partial charge in [0.2, 0.25) is 11.7 Å². The molecule has 8 heteroatoms. The Morgan fingerprint density at radius 3 is 2.73 bits per heavy atom. The molecular weight excluding hydrogens is 402 g/mol. The van der Waals surface area contributed by atoms with Gasteiger partial charge in [-0.1, -0.05) is 41.4 Å². The van der Waals surface area contributed by atoms with Crippen LogP contribution in [0.1, 0.15) is 25.2 Å². The molecule has 0 saturated carbocycles. The Morgan fingerprint density at radius 2 is 1.93 bits per heavy atom. The molecule has 0 aliphatic carbocycles. The fraction of sp³-hybridized carbons (Fsp3) is 0.318. The molecule has 1 unspecified atom stereocenters. The zero-order valence-electron chi connectivity index (χ0n) is 16.6. The van der Waals surface area contributed by atoms with E-state index in [1.807, 2.05) is 42.5 Å². The molecule has 2 aromatic carbocycles. The van der Waals surface area contributed by atoms with Crippen molar-refractivity contribution in [1.82, 2.24) is 20.4 Å². The van der Waals surface area contributed by atoms with E-state index in [0.717, 1.165) is 37.1 Å². The van der Waals surface area contributed by atoms with E-state index in [-0.39, 0.29) is 12.1 Å². The van der Waals surface area contributed by atoms with Gasteiger partial charge in [-0.2, -0.15) is 4.98 Å². The Morgan fingerprint density at radius 1 is 1.13 bits per heavy atom. The quantitative estimate of drug-likeness (QED) is 0.604. The van der Waals surface area contributed by atoms with Crippen LogP contribution >= 0.6 is 11.6 Å². The number of carbonyl (C=O) groups excluding carboxylic acids is 1. The van der Waals surface area contributed by atoms with E-state index in [9.17, 15) is 4.79 Å². The van der Waals surface area contributed by atoms with E-state index < -0.39 is 0 Å². The minimum Gasteiger partial charge on any atom is -0.338 e. The molecule has 2 N–H and O–H groups in total. The topological polar surface area (TPSA) is 83.3 Å². The van der Waals surface area contributed by atoms with Crippen LogP contribution in [-0.4, -0.2) is 40.2 Å². The number of urea groups is 1. The first-order valence-corrected chi connectivity index (χ1v) is 10.5. The zero-order chi connectivity index (χ0) is 20.8. The summed E-state index contributed by atoms with van der Waals surface area (Å²) in [5.41, 5.74) is 1.64. The number of rotatable bonds is 6. The van der Waals surface area contributed by atoms with Crippen LogP contribution in [0.3, 0.4) is 0 Å². The highest BCUT2D eigenvalue weighted by atomic mass is 35.5. The van der Waals surface area contributed by atoms with E-state index >= 15 is 0 Å². The van der Waals surface area contributed by atoms with Crippen molar-refractivity contribution in [2.24, 2.45) is 0 Å². The summed E-state index contributed by atoms with van der Waals surface area (Å²) in [6.45, 7) is 2.06. The second kappa shape index (κ2) is 9.73. The number of hydrogen-bond acceptors (Lipinski definition) is 5. The number of hydrogen-bond donors (Lipinski definition) is 2. The van der Waals surface area contributed by atoms with Crippen molar-refractivity contribution in [2.45, 2.75) is 31.8 Å². The van der Waals surface area contributed by atoms with E-state index in [0.29, 0.717) is 29.8 Å². The van der Waals surface area contributed by atoms with Gasteiger partial charge in [-0.15, -0.1) is 0 Å². The number of amides is 2. The third-order valence-electron chi connectivity index (χ3n) is 5.19. The van der Waals surface area contributed by atoms with Crippen LogP contribution in [0.2, 0.25) is 5.02 Å². The smallest absolute Gasteiger partial charge is 0.319 e. The SMILES string of the molecule is O=C(NCC1CCCCN1Cc1nc(-c2ccc(Cl)cc2)no1)Nc1ccccc1. The van der Waals surface area contributed by atoms with Crippen LogP contribution in [0.4, 0.5) is 10.5 Å². The molecule has 7 nitrogen and oxygen atoms in total. The molecule has 30 heavy (non-hydrogen) atoms. The molecule has 1 aromatic heterocycles. The summed E-state index contributed by atoms with van der Waals surface area (Å²) in [7, 11) is 0. The Bertz CT molecular complexity index is 961. The van der Waals surface area contributed by atoms with Gasteiger partial charge in [0.25, 0.3) is 0 Å². The van der Waals surface area contributed by atoms with Crippen molar-refractivity contribution >= 4 is 23.3 Å². The number of aromatic nitrogens is 2. The molecule has 0 spiro atoms. The van der Waals surface area contributed by atoms with Crippen molar-refractivity contribution in [1.29, 1.82) is 0 Å². The van der Waals surface area contributed by atoms with Crippen LogP contribution < -0.4 is 10.6 Å². The van der Waals surface area contributed by atoms with Gasteiger partial charge in [-0.25, -0.2) is 4.79 Å². The van der Waals surface area contributed by atoms with Crippen LogP contribution in [-0.2, 0) is 6.54 Å². The number of para-hydroxylation sites is 1.